The van der Waals surface area contributed by atoms with Gasteiger partial charge in [0.1, 0.15) is 5.56 Å². The molecule has 3 aliphatic rings. The summed E-state index contributed by atoms with van der Waals surface area (Å²) in [6.45, 7) is 1.94. The van der Waals surface area contributed by atoms with Crippen LogP contribution >= 0.6 is 0 Å². The Morgan fingerprint density at radius 2 is 2.04 bits per heavy atom. The first-order valence-electron chi connectivity index (χ1n) is 9.19. The first-order chi connectivity index (χ1) is 13.1. The van der Waals surface area contributed by atoms with Crippen molar-refractivity contribution in [3.8, 4) is 17.2 Å². The fraction of sp³-hybridized carbons (Fsp3) is 0.400. The van der Waals surface area contributed by atoms with E-state index in [2.05, 4.69) is 5.32 Å². The number of hydrogen-bond acceptors (Lipinski definition) is 5. The van der Waals surface area contributed by atoms with Crippen LogP contribution in [0.3, 0.4) is 0 Å². The predicted molar refractivity (Wildman–Crippen MR) is 96.7 cm³/mol. The van der Waals surface area contributed by atoms with Gasteiger partial charge in [0.25, 0.3) is 11.5 Å². The normalized spacial score (nSPS) is 25.0. The van der Waals surface area contributed by atoms with E-state index in [0.717, 1.165) is 19.3 Å². The molecule has 0 radical (unpaired) electrons. The van der Waals surface area contributed by atoms with Gasteiger partial charge in [-0.3, -0.25) is 14.2 Å². The zero-order valence-corrected chi connectivity index (χ0v) is 14.9. The maximum absolute atomic E-state index is 13.1. The van der Waals surface area contributed by atoms with Gasteiger partial charge in [0.05, 0.1) is 23.9 Å². The number of aryl methyl sites for hydroxylation is 1. The van der Waals surface area contributed by atoms with E-state index in [9.17, 15) is 9.59 Å². The van der Waals surface area contributed by atoms with Crippen LogP contribution in [0.2, 0.25) is 0 Å². The van der Waals surface area contributed by atoms with Crippen molar-refractivity contribution < 1.29 is 19.0 Å². The number of nitrogens with one attached hydrogen (secondary N) is 1. The molecule has 2 saturated heterocycles. The van der Waals surface area contributed by atoms with E-state index in [-0.39, 0.29) is 42.1 Å². The second-order valence-electron chi connectivity index (χ2n) is 7.28. The molecule has 140 valence electrons. The Morgan fingerprint density at radius 3 is 2.81 bits per heavy atom. The van der Waals surface area contributed by atoms with Crippen LogP contribution in [-0.4, -0.2) is 35.5 Å². The number of amides is 1. The molecule has 7 heteroatoms. The molecule has 3 aliphatic heterocycles. The number of carbonyl (C=O) groups excluding carboxylic acids is 1. The summed E-state index contributed by atoms with van der Waals surface area (Å²) in [4.78, 5) is 25.9. The van der Waals surface area contributed by atoms with Gasteiger partial charge in [-0.1, -0.05) is 0 Å². The van der Waals surface area contributed by atoms with Gasteiger partial charge < -0.3 is 19.5 Å². The van der Waals surface area contributed by atoms with Crippen molar-refractivity contribution in [3.05, 3.63) is 51.9 Å². The van der Waals surface area contributed by atoms with Crippen molar-refractivity contribution in [1.82, 2.24) is 9.88 Å². The minimum absolute atomic E-state index is 0.0192. The van der Waals surface area contributed by atoms with E-state index in [1.807, 2.05) is 0 Å². The number of pyridine rings is 1. The van der Waals surface area contributed by atoms with E-state index in [1.165, 1.54) is 4.57 Å². The Labute approximate surface area is 155 Å². The van der Waals surface area contributed by atoms with Crippen molar-refractivity contribution >= 4 is 5.91 Å². The molecule has 1 aromatic carbocycles. The third kappa shape index (κ3) is 2.70. The molecular weight excluding hydrogens is 348 g/mol. The van der Waals surface area contributed by atoms with Gasteiger partial charge >= 0.3 is 0 Å². The molecule has 1 N–H and O–H groups in total. The Kier molecular flexibility index (Phi) is 3.72. The average Bonchev–Trinajstić information content (AvgIpc) is 3.37. The lowest BCUT2D eigenvalue weighted by atomic mass is 9.95. The van der Waals surface area contributed by atoms with Gasteiger partial charge in [0.15, 0.2) is 11.5 Å². The topological polar surface area (TPSA) is 78.8 Å². The fourth-order valence-electron chi connectivity index (χ4n) is 4.17. The van der Waals surface area contributed by atoms with Crippen LogP contribution in [0.4, 0.5) is 0 Å². The molecule has 0 saturated carbocycles. The second-order valence-corrected chi connectivity index (χ2v) is 7.28. The lowest BCUT2D eigenvalue weighted by Gasteiger charge is -2.20. The van der Waals surface area contributed by atoms with Gasteiger partial charge in [-0.25, -0.2) is 0 Å². The van der Waals surface area contributed by atoms with Gasteiger partial charge in [0, 0.05) is 12.3 Å². The molecule has 27 heavy (non-hydrogen) atoms. The van der Waals surface area contributed by atoms with E-state index >= 15 is 0 Å². The Bertz CT molecular complexity index is 983. The third-order valence-electron chi connectivity index (χ3n) is 5.58. The maximum Gasteiger partial charge on any atom is 0.268 e. The summed E-state index contributed by atoms with van der Waals surface area (Å²) < 4.78 is 18.0. The van der Waals surface area contributed by atoms with Crippen LogP contribution < -0.4 is 20.3 Å². The molecule has 2 fully saturated rings. The van der Waals surface area contributed by atoms with Gasteiger partial charge in [-0.05, 0) is 49.9 Å². The molecule has 0 spiro atoms. The van der Waals surface area contributed by atoms with E-state index in [1.54, 1.807) is 37.4 Å². The zero-order valence-electron chi connectivity index (χ0n) is 14.9. The average molecular weight is 368 g/mol. The lowest BCUT2D eigenvalue weighted by Crippen LogP contribution is -2.44. The van der Waals surface area contributed by atoms with E-state index in [4.69, 9.17) is 14.2 Å². The number of aromatic nitrogens is 1. The highest BCUT2D eigenvalue weighted by Gasteiger charge is 2.41. The summed E-state index contributed by atoms with van der Waals surface area (Å²) in [5.41, 5.74) is 1.09. The molecule has 3 atom stereocenters. The Morgan fingerprint density at radius 1 is 1.19 bits per heavy atom. The summed E-state index contributed by atoms with van der Waals surface area (Å²) in [5, 5.41) is 3.01. The fourth-order valence-corrected chi connectivity index (χ4v) is 4.17. The molecule has 2 bridgehead atoms. The Hall–Kier alpha value is -2.80. The third-order valence-corrected chi connectivity index (χ3v) is 5.58. The van der Waals surface area contributed by atoms with Crippen LogP contribution in [0.1, 0.15) is 35.2 Å². The predicted octanol–water partition coefficient (Wildman–Crippen LogP) is 1.92. The lowest BCUT2D eigenvalue weighted by molar-refractivity contribution is 0.0839. The van der Waals surface area contributed by atoms with Crippen LogP contribution in [0, 0.1) is 6.92 Å². The number of hydrogen-bond donors (Lipinski definition) is 1. The van der Waals surface area contributed by atoms with E-state index in [0.29, 0.717) is 22.7 Å². The summed E-state index contributed by atoms with van der Waals surface area (Å²) in [7, 11) is 0. The van der Waals surface area contributed by atoms with Crippen LogP contribution in [0.5, 0.6) is 11.5 Å². The molecular formula is C20H20N2O5. The summed E-state index contributed by atoms with van der Waals surface area (Å²) in [5.74, 6) is 0.895. The quantitative estimate of drug-likeness (QED) is 0.896. The molecule has 5 rings (SSSR count). The van der Waals surface area contributed by atoms with Crippen molar-refractivity contribution in [2.24, 2.45) is 0 Å². The molecule has 4 heterocycles. The van der Waals surface area contributed by atoms with E-state index < -0.39 is 0 Å². The molecule has 7 nitrogen and oxygen atoms in total. The SMILES string of the molecule is Cc1ccn(-c2ccc3c(c2)OCO3)c(=O)c1C(=O)N[C@@H]1C[C@@H]2CC[C@H]1O2. The minimum atomic E-state index is -0.351. The minimum Gasteiger partial charge on any atom is -0.454 e. The second kappa shape index (κ2) is 6.13. The first-order valence-corrected chi connectivity index (χ1v) is 9.19. The van der Waals surface area contributed by atoms with Crippen LogP contribution in [0.25, 0.3) is 5.69 Å². The van der Waals surface area contributed by atoms with Crippen LogP contribution in [0.15, 0.2) is 35.3 Å². The maximum atomic E-state index is 13.1. The summed E-state index contributed by atoms with van der Waals surface area (Å²) in [6.07, 6.45) is 4.82. The van der Waals surface area contributed by atoms with Crippen molar-refractivity contribution in [2.45, 2.75) is 44.4 Å². The largest absolute Gasteiger partial charge is 0.454 e. The standard InChI is InChI=1S/C20H20N2O5/c1-11-6-7-22(12-2-4-16-17(8-12)26-10-25-16)20(24)18(11)19(23)21-14-9-13-3-5-15(14)27-13/h2,4,6-8,13-15H,3,5,9-10H2,1H3,(H,21,23)/t13-,14+,15+/m0/s1. The zero-order chi connectivity index (χ0) is 18.5. The molecule has 2 aromatic rings. The highest BCUT2D eigenvalue weighted by molar-refractivity contribution is 5.95. The highest BCUT2D eigenvalue weighted by Crippen LogP contribution is 2.35. The van der Waals surface area contributed by atoms with Gasteiger partial charge in [-0.15, -0.1) is 0 Å². The Balaban J connectivity index is 1.47. The molecule has 1 aromatic heterocycles. The van der Waals surface area contributed by atoms with Gasteiger partial charge in [0.2, 0.25) is 6.79 Å². The number of nitrogens with zero attached hydrogens (tertiary/aromatic N) is 1. The van der Waals surface area contributed by atoms with Crippen LogP contribution in [-0.2, 0) is 4.74 Å². The van der Waals surface area contributed by atoms with Gasteiger partial charge in [-0.2, -0.15) is 0 Å². The highest BCUT2D eigenvalue weighted by atomic mass is 16.7. The number of benzene rings is 1. The smallest absolute Gasteiger partial charge is 0.268 e. The summed E-state index contributed by atoms with van der Waals surface area (Å²) in [6, 6.07) is 7.03. The number of carbonyl (C=O) groups is 1. The molecule has 0 aliphatic carbocycles. The van der Waals surface area contributed by atoms with Crippen molar-refractivity contribution in [3.63, 3.8) is 0 Å². The van der Waals surface area contributed by atoms with Crippen molar-refractivity contribution in [2.75, 3.05) is 6.79 Å². The monoisotopic (exact) mass is 368 g/mol. The van der Waals surface area contributed by atoms with Crippen molar-refractivity contribution in [1.29, 1.82) is 0 Å². The first kappa shape index (κ1) is 16.4. The number of rotatable bonds is 3. The summed E-state index contributed by atoms with van der Waals surface area (Å²) >= 11 is 0. The molecule has 0 unspecified atom stereocenters. The molecule has 1 amide bonds. The number of ether oxygens (including phenoxy) is 3. The number of fused-ring (bicyclic) bond motifs is 3.